The van der Waals surface area contributed by atoms with Gasteiger partial charge in [0.25, 0.3) is 0 Å². The molecule has 62 heavy (non-hydrogen) atoms. The molecule has 1 aliphatic carbocycles. The van der Waals surface area contributed by atoms with E-state index in [1.807, 2.05) is 0 Å². The lowest BCUT2D eigenvalue weighted by atomic mass is 9.67. The van der Waals surface area contributed by atoms with E-state index < -0.39 is 5.41 Å². The molecule has 0 saturated heterocycles. The van der Waals surface area contributed by atoms with Gasteiger partial charge in [0.05, 0.1) is 22.2 Å². The largest absolute Gasteiger partial charge is 0.455 e. The highest BCUT2D eigenvalue weighted by Crippen LogP contribution is 2.63. The van der Waals surface area contributed by atoms with Crippen LogP contribution in [0.2, 0.25) is 0 Å². The van der Waals surface area contributed by atoms with Crippen LogP contribution in [0.4, 0.5) is 34.1 Å². The highest BCUT2D eigenvalue weighted by Gasteiger charge is 2.49. The highest BCUT2D eigenvalue weighted by atomic mass is 16.3. The number of anilines is 6. The van der Waals surface area contributed by atoms with Gasteiger partial charge in [0.15, 0.2) is 0 Å². The Balaban J connectivity index is 1.30. The summed E-state index contributed by atoms with van der Waals surface area (Å²) in [5.41, 5.74) is 14.5. The fourth-order valence-corrected chi connectivity index (χ4v) is 10.2. The summed E-state index contributed by atoms with van der Waals surface area (Å²) in [4.78, 5) is 4.82. The maximum Gasteiger partial charge on any atom is 0.145 e. The van der Waals surface area contributed by atoms with Crippen LogP contribution in [0.3, 0.4) is 0 Å². The second kappa shape index (κ2) is 14.5. The third kappa shape index (κ3) is 5.38. The van der Waals surface area contributed by atoms with E-state index >= 15 is 0 Å². The lowest BCUT2D eigenvalue weighted by Crippen LogP contribution is -2.29. The van der Waals surface area contributed by atoms with Gasteiger partial charge in [0, 0.05) is 39.1 Å². The third-order valence-corrected chi connectivity index (χ3v) is 12.7. The van der Waals surface area contributed by atoms with Crippen molar-refractivity contribution in [3.63, 3.8) is 0 Å². The maximum absolute atomic E-state index is 7.31. The molecule has 0 atom stereocenters. The molecule has 12 rings (SSSR count). The highest BCUT2D eigenvalue weighted by molar-refractivity contribution is 6.22. The van der Waals surface area contributed by atoms with Crippen molar-refractivity contribution < 1.29 is 4.42 Å². The fraction of sp³-hybridized carbons (Fsp3) is 0.0169. The number of fused-ring (bicyclic) bond motifs is 9. The van der Waals surface area contributed by atoms with E-state index in [2.05, 4.69) is 252 Å². The summed E-state index contributed by atoms with van der Waals surface area (Å²) in [6.07, 6.45) is 0. The van der Waals surface area contributed by atoms with E-state index in [0.29, 0.717) is 0 Å². The summed E-state index contributed by atoms with van der Waals surface area (Å²) in [6, 6.07) is 87.6. The Kier molecular flexibility index (Phi) is 8.39. The molecule has 0 saturated carbocycles. The van der Waals surface area contributed by atoms with Crippen molar-refractivity contribution >= 4 is 66.8 Å². The first-order chi connectivity index (χ1) is 30.8. The summed E-state index contributed by atoms with van der Waals surface area (Å²) in [5.74, 6) is 0. The van der Waals surface area contributed by atoms with E-state index in [0.717, 1.165) is 67.0 Å². The van der Waals surface area contributed by atoms with Crippen molar-refractivity contribution in [1.29, 1.82) is 0 Å². The van der Waals surface area contributed by atoms with Crippen LogP contribution in [0, 0.1) is 0 Å². The van der Waals surface area contributed by atoms with Crippen LogP contribution in [0.1, 0.15) is 22.3 Å². The number of benzene rings is 10. The quantitative estimate of drug-likeness (QED) is 0.153. The smallest absolute Gasteiger partial charge is 0.145 e. The Labute approximate surface area is 361 Å². The molecule has 10 aromatic carbocycles. The molecule has 0 amide bonds. The minimum atomic E-state index is -0.758. The molecule has 0 spiro atoms. The van der Waals surface area contributed by atoms with Gasteiger partial charge in [-0.25, -0.2) is 0 Å². The van der Waals surface area contributed by atoms with Crippen LogP contribution in [0.15, 0.2) is 247 Å². The average molecular weight is 793 g/mol. The van der Waals surface area contributed by atoms with Gasteiger partial charge in [0.1, 0.15) is 11.2 Å². The van der Waals surface area contributed by atoms with Crippen LogP contribution in [-0.2, 0) is 5.41 Å². The van der Waals surface area contributed by atoms with Gasteiger partial charge >= 0.3 is 0 Å². The van der Waals surface area contributed by atoms with Gasteiger partial charge in [-0.15, -0.1) is 0 Å². The summed E-state index contributed by atoms with van der Waals surface area (Å²) < 4.78 is 7.31. The molecule has 0 aliphatic heterocycles. The first-order valence-electron chi connectivity index (χ1n) is 21.3. The molecule has 0 fully saturated rings. The molecule has 3 heteroatoms. The third-order valence-electron chi connectivity index (χ3n) is 12.7. The van der Waals surface area contributed by atoms with E-state index in [1.165, 1.54) is 33.2 Å². The van der Waals surface area contributed by atoms with Crippen molar-refractivity contribution in [2.45, 2.75) is 5.41 Å². The molecule has 0 N–H and O–H groups in total. The molecule has 1 aliphatic rings. The fourth-order valence-electron chi connectivity index (χ4n) is 10.2. The molecule has 0 bridgehead atoms. The molecule has 1 aromatic heterocycles. The number of furan rings is 1. The normalized spacial score (nSPS) is 12.6. The molecule has 3 nitrogen and oxygen atoms in total. The minimum absolute atomic E-state index is 0.758. The van der Waals surface area contributed by atoms with Crippen LogP contribution in [0.5, 0.6) is 0 Å². The van der Waals surface area contributed by atoms with E-state index in [4.69, 9.17) is 4.42 Å². The Morgan fingerprint density at radius 1 is 0.323 bits per heavy atom. The summed E-state index contributed by atoms with van der Waals surface area (Å²) in [6.45, 7) is 0. The Bertz CT molecular complexity index is 3270. The summed E-state index contributed by atoms with van der Waals surface area (Å²) in [7, 11) is 0. The van der Waals surface area contributed by atoms with Gasteiger partial charge in [-0.2, -0.15) is 0 Å². The predicted octanol–water partition coefficient (Wildman–Crippen LogP) is 16.0. The van der Waals surface area contributed by atoms with Gasteiger partial charge in [-0.1, -0.05) is 176 Å². The van der Waals surface area contributed by atoms with Gasteiger partial charge in [-0.3, -0.25) is 0 Å². The first kappa shape index (κ1) is 35.8. The topological polar surface area (TPSA) is 19.6 Å². The van der Waals surface area contributed by atoms with Crippen molar-refractivity contribution in [1.82, 2.24) is 0 Å². The molecule has 0 unspecified atom stereocenters. The SMILES string of the molecule is c1ccc(N(c2ccccc2)c2cc3c(c4ccccc24)-c2c(cc(N(c4ccccc4)c4ccccc4)c4c2oc2ccccc24)C3(c2ccccc2)c2ccccc2)cc1. The summed E-state index contributed by atoms with van der Waals surface area (Å²) >= 11 is 0. The zero-order valence-electron chi connectivity index (χ0n) is 33.9. The molecule has 0 radical (unpaired) electrons. The van der Waals surface area contributed by atoms with Crippen molar-refractivity contribution in [3.8, 4) is 11.1 Å². The van der Waals surface area contributed by atoms with Crippen LogP contribution >= 0.6 is 0 Å². The molecule has 11 aromatic rings. The van der Waals surface area contributed by atoms with Gasteiger partial charge in [0.2, 0.25) is 0 Å². The molecule has 292 valence electrons. The first-order valence-corrected chi connectivity index (χ1v) is 21.3. The number of hydrogen-bond acceptors (Lipinski definition) is 3. The number of hydrogen-bond donors (Lipinski definition) is 0. The Morgan fingerprint density at radius 2 is 0.694 bits per heavy atom. The van der Waals surface area contributed by atoms with Crippen LogP contribution < -0.4 is 9.80 Å². The Morgan fingerprint density at radius 3 is 1.19 bits per heavy atom. The zero-order valence-corrected chi connectivity index (χ0v) is 33.9. The predicted molar refractivity (Wildman–Crippen MR) is 258 cm³/mol. The monoisotopic (exact) mass is 792 g/mol. The number of para-hydroxylation sites is 5. The number of rotatable bonds is 8. The lowest BCUT2D eigenvalue weighted by molar-refractivity contribution is 0.669. The standard InChI is InChI=1S/C59H40N2O/c1-7-23-41(24-8-1)59(42-25-9-2-10-26-42)50-39-52(60(43-27-11-3-12-28-43)44-29-13-4-14-30-44)47-35-19-20-36-48(47)55(50)57-51(59)40-53(56-49-37-21-22-38-54(49)62-58(56)57)61(45-31-15-5-16-32-45)46-33-17-6-18-34-46/h1-40H. The minimum Gasteiger partial charge on any atom is -0.455 e. The zero-order chi connectivity index (χ0) is 41.0. The van der Waals surface area contributed by atoms with Gasteiger partial charge < -0.3 is 14.2 Å². The van der Waals surface area contributed by atoms with Crippen LogP contribution in [0.25, 0.3) is 43.8 Å². The average Bonchev–Trinajstić information content (AvgIpc) is 3.88. The van der Waals surface area contributed by atoms with Gasteiger partial charge in [-0.05, 0) is 99.9 Å². The van der Waals surface area contributed by atoms with E-state index in [9.17, 15) is 0 Å². The molecular formula is C59H40N2O. The van der Waals surface area contributed by atoms with Crippen LogP contribution in [-0.4, -0.2) is 0 Å². The molecule has 1 heterocycles. The lowest BCUT2D eigenvalue weighted by Gasteiger charge is -2.36. The molecular weight excluding hydrogens is 753 g/mol. The number of nitrogens with zero attached hydrogens (tertiary/aromatic N) is 2. The van der Waals surface area contributed by atoms with E-state index in [1.54, 1.807) is 0 Å². The summed E-state index contributed by atoms with van der Waals surface area (Å²) in [5, 5.41) is 4.49. The van der Waals surface area contributed by atoms with E-state index in [-0.39, 0.29) is 0 Å². The van der Waals surface area contributed by atoms with Crippen molar-refractivity contribution in [3.05, 3.63) is 265 Å². The maximum atomic E-state index is 7.31. The Hall–Kier alpha value is -8.14. The second-order valence-electron chi connectivity index (χ2n) is 16.0. The second-order valence-corrected chi connectivity index (χ2v) is 16.0. The van der Waals surface area contributed by atoms with Crippen molar-refractivity contribution in [2.75, 3.05) is 9.80 Å². The van der Waals surface area contributed by atoms with Crippen molar-refractivity contribution in [2.24, 2.45) is 0 Å².